The summed E-state index contributed by atoms with van der Waals surface area (Å²) in [4.78, 5) is 27.0. The summed E-state index contributed by atoms with van der Waals surface area (Å²) in [5, 5.41) is 2.78. The Morgan fingerprint density at radius 1 is 1.10 bits per heavy atom. The Kier molecular flexibility index (Phi) is 8.45. The quantitative estimate of drug-likeness (QED) is 0.663. The molecule has 0 unspecified atom stereocenters. The lowest BCUT2D eigenvalue weighted by molar-refractivity contribution is -0.142. The molecule has 2 rings (SSSR count). The fourth-order valence-electron chi connectivity index (χ4n) is 2.94. The molecule has 1 N–H and O–H groups in total. The minimum absolute atomic E-state index is 0.215. The van der Waals surface area contributed by atoms with Gasteiger partial charge in [-0.25, -0.2) is 4.39 Å². The topological polar surface area (TPSA) is 67.9 Å². The number of rotatable bonds is 10. The van der Waals surface area contributed by atoms with E-state index >= 15 is 0 Å². The average molecular weight is 402 g/mol. The van der Waals surface area contributed by atoms with Gasteiger partial charge in [0.25, 0.3) is 5.91 Å². The van der Waals surface area contributed by atoms with Gasteiger partial charge < -0.3 is 19.7 Å². The Bertz CT molecular complexity index is 811. The molecule has 6 nitrogen and oxygen atoms in total. The highest BCUT2D eigenvalue weighted by Crippen LogP contribution is 2.18. The monoisotopic (exact) mass is 402 g/mol. The van der Waals surface area contributed by atoms with Crippen LogP contribution in [0.4, 0.5) is 4.39 Å². The SMILES string of the molecule is CCNC(=O)[C@H](CC)N(Cc1cccc(OC)c1)C(=O)COc1ccc(F)cc1. The summed E-state index contributed by atoms with van der Waals surface area (Å²) in [6.45, 7) is 4.13. The maximum Gasteiger partial charge on any atom is 0.261 e. The summed E-state index contributed by atoms with van der Waals surface area (Å²) in [6.07, 6.45) is 0.456. The molecule has 0 spiro atoms. The van der Waals surface area contributed by atoms with E-state index in [4.69, 9.17) is 9.47 Å². The Morgan fingerprint density at radius 3 is 2.45 bits per heavy atom. The number of halogens is 1. The molecule has 1 atom stereocenters. The van der Waals surface area contributed by atoms with Crippen molar-refractivity contribution in [3.8, 4) is 11.5 Å². The molecular formula is C22H27FN2O4. The Hall–Kier alpha value is -3.09. The van der Waals surface area contributed by atoms with Crippen LogP contribution < -0.4 is 14.8 Å². The van der Waals surface area contributed by atoms with Crippen LogP contribution in [-0.4, -0.2) is 43.0 Å². The van der Waals surface area contributed by atoms with Crippen LogP contribution >= 0.6 is 0 Å². The largest absolute Gasteiger partial charge is 0.497 e. The molecule has 0 fully saturated rings. The molecule has 2 amide bonds. The fourth-order valence-corrected chi connectivity index (χ4v) is 2.94. The molecule has 0 saturated carbocycles. The summed E-state index contributed by atoms with van der Waals surface area (Å²) >= 11 is 0. The van der Waals surface area contributed by atoms with Crippen LogP contribution in [0.1, 0.15) is 25.8 Å². The van der Waals surface area contributed by atoms with Gasteiger partial charge in [-0.05, 0) is 55.3 Å². The standard InChI is InChI=1S/C22H27FN2O4/c1-4-20(22(27)24-5-2)25(14-16-7-6-8-19(13-16)28-3)21(26)15-29-18-11-9-17(23)10-12-18/h6-13,20H,4-5,14-15H2,1-3H3,(H,24,27)/t20-/m0/s1. The van der Waals surface area contributed by atoms with Gasteiger partial charge in [-0.2, -0.15) is 0 Å². The second-order valence-corrected chi connectivity index (χ2v) is 6.43. The molecule has 0 aliphatic carbocycles. The van der Waals surface area contributed by atoms with Crippen molar-refractivity contribution in [3.63, 3.8) is 0 Å². The van der Waals surface area contributed by atoms with Crippen molar-refractivity contribution in [1.82, 2.24) is 10.2 Å². The lowest BCUT2D eigenvalue weighted by Crippen LogP contribution is -2.50. The lowest BCUT2D eigenvalue weighted by Gasteiger charge is -2.30. The van der Waals surface area contributed by atoms with Gasteiger partial charge in [0.05, 0.1) is 7.11 Å². The van der Waals surface area contributed by atoms with Crippen molar-refractivity contribution in [1.29, 1.82) is 0 Å². The Balaban J connectivity index is 2.20. The van der Waals surface area contributed by atoms with Gasteiger partial charge in [0.2, 0.25) is 5.91 Å². The van der Waals surface area contributed by atoms with E-state index < -0.39 is 6.04 Å². The first-order valence-corrected chi connectivity index (χ1v) is 9.56. The number of nitrogens with one attached hydrogen (secondary N) is 1. The smallest absolute Gasteiger partial charge is 0.261 e. The maximum absolute atomic E-state index is 13.0. The minimum atomic E-state index is -0.634. The number of amides is 2. The van der Waals surface area contributed by atoms with Crippen LogP contribution in [0, 0.1) is 5.82 Å². The minimum Gasteiger partial charge on any atom is -0.497 e. The predicted octanol–water partition coefficient (Wildman–Crippen LogP) is 3.16. The molecule has 0 aromatic heterocycles. The van der Waals surface area contributed by atoms with Gasteiger partial charge in [0.15, 0.2) is 6.61 Å². The molecule has 0 saturated heterocycles. The highest BCUT2D eigenvalue weighted by Gasteiger charge is 2.28. The van der Waals surface area contributed by atoms with Crippen molar-refractivity contribution in [2.45, 2.75) is 32.9 Å². The van der Waals surface area contributed by atoms with Crippen molar-refractivity contribution in [3.05, 3.63) is 59.9 Å². The zero-order valence-corrected chi connectivity index (χ0v) is 17.0. The average Bonchev–Trinajstić information content (AvgIpc) is 2.73. The number of hydrogen-bond acceptors (Lipinski definition) is 4. The third-order valence-corrected chi connectivity index (χ3v) is 4.40. The number of nitrogens with zero attached hydrogens (tertiary/aromatic N) is 1. The van der Waals surface area contributed by atoms with E-state index in [2.05, 4.69) is 5.32 Å². The molecule has 0 radical (unpaired) electrons. The van der Waals surface area contributed by atoms with E-state index in [0.717, 1.165) is 5.56 Å². The number of benzene rings is 2. The first kappa shape index (κ1) is 22.2. The summed E-state index contributed by atoms with van der Waals surface area (Å²) in [6, 6.07) is 12.1. The molecule has 156 valence electrons. The van der Waals surface area contributed by atoms with Crippen molar-refractivity contribution < 1.29 is 23.5 Å². The van der Waals surface area contributed by atoms with E-state index in [0.29, 0.717) is 24.5 Å². The first-order valence-electron chi connectivity index (χ1n) is 9.56. The molecule has 2 aromatic rings. The Labute approximate surface area is 170 Å². The van der Waals surface area contributed by atoms with E-state index in [-0.39, 0.29) is 30.8 Å². The van der Waals surface area contributed by atoms with Crippen LogP contribution in [0.5, 0.6) is 11.5 Å². The maximum atomic E-state index is 13.0. The zero-order chi connectivity index (χ0) is 21.2. The van der Waals surface area contributed by atoms with Crippen LogP contribution in [-0.2, 0) is 16.1 Å². The van der Waals surface area contributed by atoms with Crippen LogP contribution in [0.2, 0.25) is 0 Å². The van der Waals surface area contributed by atoms with Crippen molar-refractivity contribution in [2.75, 3.05) is 20.3 Å². The molecule has 0 aliphatic heterocycles. The van der Waals surface area contributed by atoms with E-state index in [1.807, 2.05) is 38.1 Å². The summed E-state index contributed by atoms with van der Waals surface area (Å²) in [7, 11) is 1.57. The van der Waals surface area contributed by atoms with Crippen molar-refractivity contribution in [2.24, 2.45) is 0 Å². The van der Waals surface area contributed by atoms with Crippen LogP contribution in [0.3, 0.4) is 0 Å². The highest BCUT2D eigenvalue weighted by molar-refractivity contribution is 5.88. The molecule has 7 heteroatoms. The van der Waals surface area contributed by atoms with E-state index in [9.17, 15) is 14.0 Å². The third-order valence-electron chi connectivity index (χ3n) is 4.40. The molecule has 29 heavy (non-hydrogen) atoms. The second kappa shape index (κ2) is 11.0. The molecule has 0 bridgehead atoms. The Morgan fingerprint density at radius 2 is 1.83 bits per heavy atom. The second-order valence-electron chi connectivity index (χ2n) is 6.43. The third kappa shape index (κ3) is 6.48. The summed E-state index contributed by atoms with van der Waals surface area (Å²) < 4.78 is 23.8. The molecular weight excluding hydrogens is 375 g/mol. The van der Waals surface area contributed by atoms with E-state index in [1.165, 1.54) is 29.2 Å². The summed E-state index contributed by atoms with van der Waals surface area (Å²) in [5.41, 5.74) is 0.835. The van der Waals surface area contributed by atoms with Gasteiger partial charge >= 0.3 is 0 Å². The van der Waals surface area contributed by atoms with Gasteiger partial charge in [-0.3, -0.25) is 9.59 Å². The normalized spacial score (nSPS) is 11.4. The number of carbonyl (C=O) groups excluding carboxylic acids is 2. The van der Waals surface area contributed by atoms with Crippen molar-refractivity contribution >= 4 is 11.8 Å². The van der Waals surface area contributed by atoms with Gasteiger partial charge in [0, 0.05) is 13.1 Å². The number of likely N-dealkylation sites (N-methyl/N-ethyl adjacent to an activating group) is 1. The molecule has 0 heterocycles. The molecule has 2 aromatic carbocycles. The van der Waals surface area contributed by atoms with Crippen LogP contribution in [0.15, 0.2) is 48.5 Å². The van der Waals surface area contributed by atoms with Gasteiger partial charge in [-0.15, -0.1) is 0 Å². The van der Waals surface area contributed by atoms with E-state index in [1.54, 1.807) is 7.11 Å². The fraction of sp³-hybridized carbons (Fsp3) is 0.364. The van der Waals surface area contributed by atoms with Crippen LogP contribution in [0.25, 0.3) is 0 Å². The summed E-state index contributed by atoms with van der Waals surface area (Å²) in [5.74, 6) is 0.115. The predicted molar refractivity (Wildman–Crippen MR) is 108 cm³/mol. The number of hydrogen-bond donors (Lipinski definition) is 1. The number of ether oxygens (including phenoxy) is 2. The zero-order valence-electron chi connectivity index (χ0n) is 17.0. The lowest BCUT2D eigenvalue weighted by atomic mass is 10.1. The molecule has 0 aliphatic rings. The van der Waals surface area contributed by atoms with Gasteiger partial charge in [-0.1, -0.05) is 19.1 Å². The highest BCUT2D eigenvalue weighted by atomic mass is 19.1. The number of methoxy groups -OCH3 is 1. The number of carbonyl (C=O) groups is 2. The van der Waals surface area contributed by atoms with Gasteiger partial charge in [0.1, 0.15) is 23.4 Å². The first-order chi connectivity index (χ1) is 14.0.